The smallest absolute Gasteiger partial charge is 0.408 e. The van der Waals surface area contributed by atoms with Crippen LogP contribution in [-0.4, -0.2) is 88.6 Å². The van der Waals surface area contributed by atoms with Crippen LogP contribution in [0.3, 0.4) is 0 Å². The molecule has 1 aromatic heterocycles. The molecule has 15 nitrogen and oxygen atoms in total. The van der Waals surface area contributed by atoms with E-state index in [1.807, 2.05) is 0 Å². The summed E-state index contributed by atoms with van der Waals surface area (Å²) in [5, 5.41) is 28.1. The van der Waals surface area contributed by atoms with Crippen molar-refractivity contribution in [1.29, 1.82) is 0 Å². The number of fused-ring (bicyclic) bond motifs is 1. The molecule has 3 heterocycles. The van der Waals surface area contributed by atoms with E-state index in [-0.39, 0.29) is 23.6 Å². The third kappa shape index (κ3) is 6.14. The van der Waals surface area contributed by atoms with Gasteiger partial charge in [0.25, 0.3) is 5.91 Å². The van der Waals surface area contributed by atoms with Gasteiger partial charge in [-0.1, -0.05) is 42.1 Å². The summed E-state index contributed by atoms with van der Waals surface area (Å²) >= 11 is 2.37. The quantitative estimate of drug-likeness (QED) is 0.126. The molecule has 2 aliphatic heterocycles. The molecule has 4 rings (SSSR count). The molecule has 3 atom stereocenters. The summed E-state index contributed by atoms with van der Waals surface area (Å²) in [6.07, 6.45) is -0.616. The van der Waals surface area contributed by atoms with E-state index in [0.717, 1.165) is 4.90 Å². The highest BCUT2D eigenvalue weighted by Gasteiger charge is 2.66. The molecule has 1 fully saturated rings. The summed E-state index contributed by atoms with van der Waals surface area (Å²) in [6.45, 7) is 5.00. The normalized spacial score (nSPS) is 20.8. The summed E-state index contributed by atoms with van der Waals surface area (Å²) in [5.74, 6) is -2.63. The molecule has 2 aliphatic rings. The number of β-lactam (4-membered cyclic amide) rings is 1. The second kappa shape index (κ2) is 11.8. The maximum atomic E-state index is 13.6. The van der Waals surface area contributed by atoms with E-state index in [0.29, 0.717) is 16.3 Å². The number of tetrazole rings is 1. The van der Waals surface area contributed by atoms with Crippen molar-refractivity contribution in [2.45, 2.75) is 48.6 Å². The van der Waals surface area contributed by atoms with Gasteiger partial charge in [-0.3, -0.25) is 19.3 Å². The Labute approximate surface area is 242 Å². The highest BCUT2D eigenvalue weighted by Crippen LogP contribution is 2.46. The number of nitrogens with zero attached hydrogens (tertiary/aromatic N) is 5. The van der Waals surface area contributed by atoms with E-state index in [9.17, 15) is 29.1 Å². The number of ether oxygens (including phenoxy) is 1. The lowest BCUT2D eigenvalue weighted by molar-refractivity contribution is -0.163. The highest BCUT2D eigenvalue weighted by atomic mass is 32.2. The lowest BCUT2D eigenvalue weighted by atomic mass is 9.94. The predicted molar refractivity (Wildman–Crippen MR) is 146 cm³/mol. The van der Waals surface area contributed by atoms with Gasteiger partial charge < -0.3 is 25.8 Å². The van der Waals surface area contributed by atoms with Crippen molar-refractivity contribution in [2.24, 2.45) is 7.05 Å². The van der Waals surface area contributed by atoms with E-state index in [1.165, 1.54) is 28.2 Å². The van der Waals surface area contributed by atoms with Gasteiger partial charge in [-0.2, -0.15) is 0 Å². The van der Waals surface area contributed by atoms with Gasteiger partial charge in [0.15, 0.2) is 0 Å². The fourth-order valence-corrected chi connectivity index (χ4v) is 6.66. The summed E-state index contributed by atoms with van der Waals surface area (Å²) in [7, 11) is 1.64. The van der Waals surface area contributed by atoms with E-state index in [1.54, 1.807) is 58.2 Å². The maximum Gasteiger partial charge on any atom is 0.408 e. The molecule has 1 saturated heterocycles. The number of rotatable bonds is 10. The molecule has 0 radical (unpaired) electrons. The Morgan fingerprint density at radius 2 is 2.00 bits per heavy atom. The molecule has 4 amide bonds. The minimum absolute atomic E-state index is 0.185. The predicted octanol–water partition coefficient (Wildman–Crippen LogP) is 0.381. The number of alkyl carbamates (subject to hydrolysis) is 1. The van der Waals surface area contributed by atoms with Crippen LogP contribution in [-0.2, 0) is 31.0 Å². The van der Waals surface area contributed by atoms with Gasteiger partial charge in [0.1, 0.15) is 22.7 Å². The second-order valence-corrected chi connectivity index (χ2v) is 12.0. The van der Waals surface area contributed by atoms with Gasteiger partial charge >= 0.3 is 12.1 Å². The van der Waals surface area contributed by atoms with Crippen LogP contribution in [0.25, 0.3) is 0 Å². The Bertz CT molecular complexity index is 1390. The molecule has 4 N–H and O–H groups in total. The van der Waals surface area contributed by atoms with Gasteiger partial charge in [-0.05, 0) is 42.3 Å². The van der Waals surface area contributed by atoms with Gasteiger partial charge in [0.2, 0.25) is 23.1 Å². The van der Waals surface area contributed by atoms with Crippen LogP contribution in [0.4, 0.5) is 4.79 Å². The number of thioether (sulfide) groups is 2. The molecule has 41 heavy (non-hydrogen) atoms. The molecular formula is C24H28N8O7S2. The Morgan fingerprint density at radius 1 is 1.29 bits per heavy atom. The van der Waals surface area contributed by atoms with Gasteiger partial charge in [0, 0.05) is 18.6 Å². The van der Waals surface area contributed by atoms with Gasteiger partial charge in [-0.15, -0.1) is 16.9 Å². The standard InChI is InChI=1S/C24H28N8O7S2/c1-23(2,3)39-22(38)26-15(13-8-6-5-7-9-13)17(34)27-24(25-12-33)19(37)32-16(18(35)36)14(10-40-20(24)32)11-41-21-28-29-30-31(21)4/h5-9,12,15,20H,10-11H2,1-4H3,(H,25,33)(H,26,38)(H,27,34)(H,35,36)/t15?,20-,24+/m0/s1. The summed E-state index contributed by atoms with van der Waals surface area (Å²) in [5.41, 5.74) is -2.21. The molecule has 2 aromatic rings. The zero-order valence-electron chi connectivity index (χ0n) is 22.5. The zero-order valence-corrected chi connectivity index (χ0v) is 24.1. The minimum atomic E-state index is -1.96. The van der Waals surface area contributed by atoms with Crippen molar-refractivity contribution < 1.29 is 33.8 Å². The molecule has 1 aromatic carbocycles. The average Bonchev–Trinajstić information content (AvgIpc) is 3.33. The lowest BCUT2D eigenvalue weighted by Crippen LogP contribution is -2.85. The number of nitrogens with one attached hydrogen (secondary N) is 3. The van der Waals surface area contributed by atoms with Crippen molar-refractivity contribution >= 4 is 53.8 Å². The molecule has 218 valence electrons. The SMILES string of the molecule is Cn1nnnc1SCC1=C(C(=O)O)N2C(=O)[C@@](NC=O)(NC(=O)C(NC(=O)OC(C)(C)C)c3ccccc3)[C@@H]2SC1. The summed E-state index contributed by atoms with van der Waals surface area (Å²) in [6, 6.07) is 6.97. The monoisotopic (exact) mass is 604 g/mol. The Kier molecular flexibility index (Phi) is 8.58. The first-order valence-corrected chi connectivity index (χ1v) is 14.2. The summed E-state index contributed by atoms with van der Waals surface area (Å²) in [4.78, 5) is 64.8. The van der Waals surface area contributed by atoms with Crippen LogP contribution >= 0.6 is 23.5 Å². The Hall–Kier alpha value is -4.12. The number of aromatic nitrogens is 4. The van der Waals surface area contributed by atoms with Crippen LogP contribution in [0.5, 0.6) is 0 Å². The molecule has 0 aliphatic carbocycles. The van der Waals surface area contributed by atoms with E-state index in [4.69, 9.17) is 4.74 Å². The first-order chi connectivity index (χ1) is 19.4. The van der Waals surface area contributed by atoms with E-state index >= 15 is 0 Å². The van der Waals surface area contributed by atoms with Crippen molar-refractivity contribution in [1.82, 2.24) is 41.1 Å². The third-order valence-corrected chi connectivity index (χ3v) is 8.47. The van der Waals surface area contributed by atoms with Crippen molar-refractivity contribution in [3.8, 4) is 0 Å². The fraction of sp³-hybridized carbons (Fsp3) is 0.417. The van der Waals surface area contributed by atoms with Gasteiger partial charge in [0.05, 0.1) is 0 Å². The van der Waals surface area contributed by atoms with E-state index < -0.39 is 46.6 Å². The second-order valence-electron chi connectivity index (χ2n) is 10.0. The first-order valence-electron chi connectivity index (χ1n) is 12.2. The summed E-state index contributed by atoms with van der Waals surface area (Å²) < 4.78 is 6.74. The first kappa shape index (κ1) is 29.9. The maximum absolute atomic E-state index is 13.6. The lowest BCUT2D eigenvalue weighted by Gasteiger charge is -2.56. The molecule has 17 heteroatoms. The number of carbonyl (C=O) groups is 5. The number of carbonyl (C=O) groups excluding carboxylic acids is 4. The van der Waals surface area contributed by atoms with Crippen LogP contribution in [0.15, 0.2) is 46.8 Å². The average molecular weight is 605 g/mol. The molecule has 0 bridgehead atoms. The number of aliphatic carboxylic acids is 1. The van der Waals surface area contributed by atoms with Crippen molar-refractivity contribution in [3.63, 3.8) is 0 Å². The molecule has 0 saturated carbocycles. The Morgan fingerprint density at radius 3 is 2.59 bits per heavy atom. The van der Waals surface area contributed by atoms with Crippen LogP contribution in [0, 0.1) is 0 Å². The zero-order chi connectivity index (χ0) is 29.9. The minimum Gasteiger partial charge on any atom is -0.477 e. The number of aryl methyl sites for hydroxylation is 1. The number of carboxylic acid groups (broad SMARTS) is 1. The number of hydrogen-bond acceptors (Lipinski definition) is 11. The largest absolute Gasteiger partial charge is 0.477 e. The van der Waals surface area contributed by atoms with Gasteiger partial charge in [-0.25, -0.2) is 14.3 Å². The molecule has 0 spiro atoms. The van der Waals surface area contributed by atoms with Crippen molar-refractivity contribution in [2.75, 3.05) is 11.5 Å². The van der Waals surface area contributed by atoms with Crippen LogP contribution in [0.1, 0.15) is 32.4 Å². The molecular weight excluding hydrogens is 576 g/mol. The third-order valence-electron chi connectivity index (χ3n) is 5.97. The number of amides is 4. The highest BCUT2D eigenvalue weighted by molar-refractivity contribution is 8.01. The van der Waals surface area contributed by atoms with E-state index in [2.05, 4.69) is 31.5 Å². The Balaban J connectivity index is 1.60. The number of carboxylic acids is 1. The fourth-order valence-electron chi connectivity index (χ4n) is 4.24. The van der Waals surface area contributed by atoms with Crippen LogP contribution in [0.2, 0.25) is 0 Å². The molecule has 1 unspecified atom stereocenters. The topological polar surface area (TPSA) is 198 Å². The van der Waals surface area contributed by atoms with Crippen molar-refractivity contribution in [3.05, 3.63) is 47.2 Å². The van der Waals surface area contributed by atoms with Crippen LogP contribution < -0.4 is 16.0 Å². The number of hydrogen-bond donors (Lipinski definition) is 4. The number of benzene rings is 1.